The summed E-state index contributed by atoms with van der Waals surface area (Å²) >= 11 is 1.46. The zero-order valence-corrected chi connectivity index (χ0v) is 14.9. The maximum atomic E-state index is 6.48. The molecule has 0 aromatic carbocycles. The van der Waals surface area contributed by atoms with E-state index < -0.39 is 0 Å². The molecular formula is C17H23BN5O2S+. The predicted molar refractivity (Wildman–Crippen MR) is 104 cm³/mol. The van der Waals surface area contributed by atoms with E-state index in [9.17, 15) is 0 Å². The van der Waals surface area contributed by atoms with Crippen LogP contribution in [0.2, 0.25) is 0 Å². The van der Waals surface area contributed by atoms with E-state index in [2.05, 4.69) is 20.3 Å². The van der Waals surface area contributed by atoms with Crippen molar-refractivity contribution < 1.29 is 13.9 Å². The van der Waals surface area contributed by atoms with Crippen molar-refractivity contribution in [1.29, 1.82) is 0 Å². The lowest BCUT2D eigenvalue weighted by molar-refractivity contribution is -0.845. The summed E-state index contributed by atoms with van der Waals surface area (Å²) in [4.78, 5) is 14.4. The van der Waals surface area contributed by atoms with E-state index in [1.54, 1.807) is 7.11 Å². The molecule has 4 aliphatic heterocycles. The number of anilines is 1. The van der Waals surface area contributed by atoms with Gasteiger partial charge in [0.1, 0.15) is 16.9 Å². The van der Waals surface area contributed by atoms with Gasteiger partial charge in [-0.2, -0.15) is 0 Å². The Morgan fingerprint density at radius 1 is 1.35 bits per heavy atom. The van der Waals surface area contributed by atoms with E-state index in [1.807, 2.05) is 12.1 Å². The van der Waals surface area contributed by atoms with Crippen LogP contribution in [0, 0.1) is 5.92 Å². The number of aliphatic imine (C=N–C) groups is 1. The minimum Gasteiger partial charge on any atom is -0.481 e. The third-order valence-corrected chi connectivity index (χ3v) is 6.50. The summed E-state index contributed by atoms with van der Waals surface area (Å²) in [5.74, 6) is 1.13. The fourth-order valence-corrected chi connectivity index (χ4v) is 5.13. The van der Waals surface area contributed by atoms with Crippen molar-refractivity contribution in [3.05, 3.63) is 12.1 Å². The zero-order valence-electron chi connectivity index (χ0n) is 14.1. The number of nitrogens with zero attached hydrogens (tertiary/aromatic N) is 4. The van der Waals surface area contributed by atoms with Crippen LogP contribution < -0.4 is 10.1 Å². The van der Waals surface area contributed by atoms with Gasteiger partial charge in [0.25, 0.3) is 6.02 Å². The van der Waals surface area contributed by atoms with Gasteiger partial charge in [0.15, 0.2) is 10.7 Å². The molecule has 26 heavy (non-hydrogen) atoms. The van der Waals surface area contributed by atoms with Crippen molar-refractivity contribution in [3.63, 3.8) is 0 Å². The number of hydrogen-bond acceptors (Lipinski definition) is 7. The Bertz CT molecular complexity index is 864. The van der Waals surface area contributed by atoms with Crippen molar-refractivity contribution in [1.82, 2.24) is 9.97 Å². The average molecular weight is 372 g/mol. The second-order valence-electron chi connectivity index (χ2n) is 7.21. The molecule has 0 amide bonds. The summed E-state index contributed by atoms with van der Waals surface area (Å²) < 4.78 is 12.1. The van der Waals surface area contributed by atoms with Crippen LogP contribution in [0.4, 0.5) is 5.13 Å². The molecule has 0 aliphatic carbocycles. The van der Waals surface area contributed by atoms with E-state index in [4.69, 9.17) is 17.5 Å². The normalized spacial score (nSPS) is 32.2. The average Bonchev–Trinajstić information content (AvgIpc) is 3.18. The van der Waals surface area contributed by atoms with Crippen LogP contribution in [0.25, 0.3) is 10.3 Å². The summed E-state index contributed by atoms with van der Waals surface area (Å²) in [6.07, 6.45) is 2.23. The second kappa shape index (κ2) is 6.09. The lowest BCUT2D eigenvalue weighted by atomic mass is 9.72. The van der Waals surface area contributed by atoms with Crippen molar-refractivity contribution in [2.45, 2.75) is 25.9 Å². The van der Waals surface area contributed by atoms with Gasteiger partial charge in [-0.3, -0.25) is 5.32 Å². The van der Waals surface area contributed by atoms with Crippen molar-refractivity contribution in [3.8, 4) is 5.88 Å². The summed E-state index contributed by atoms with van der Waals surface area (Å²) in [6, 6.07) is 4.26. The van der Waals surface area contributed by atoms with E-state index in [0.29, 0.717) is 28.8 Å². The lowest BCUT2D eigenvalue weighted by Gasteiger charge is -2.55. The Morgan fingerprint density at radius 3 is 2.88 bits per heavy atom. The zero-order chi connectivity index (χ0) is 17.1. The number of hydrogen-bond donors (Lipinski definition) is 1. The number of aromatic nitrogens is 2. The topological polar surface area (TPSA) is 68.6 Å². The highest BCUT2D eigenvalue weighted by Gasteiger charge is 2.57. The lowest BCUT2D eigenvalue weighted by Crippen LogP contribution is -2.69. The summed E-state index contributed by atoms with van der Waals surface area (Å²) in [5, 5.41) is 3.94. The monoisotopic (exact) mass is 372 g/mol. The molecule has 1 unspecified atom stereocenters. The fourth-order valence-electron chi connectivity index (χ4n) is 4.31. The number of pyridine rings is 1. The molecule has 1 N–H and O–H groups in total. The predicted octanol–water partition coefficient (Wildman–Crippen LogP) is 2.20. The number of nitrogens with one attached hydrogen (secondary N) is 1. The molecule has 0 saturated carbocycles. The van der Waals surface area contributed by atoms with E-state index >= 15 is 0 Å². The molecule has 1 spiro atoms. The van der Waals surface area contributed by atoms with E-state index in [1.165, 1.54) is 11.3 Å². The van der Waals surface area contributed by atoms with Crippen LogP contribution in [0.3, 0.4) is 0 Å². The van der Waals surface area contributed by atoms with Crippen LogP contribution in [-0.4, -0.2) is 67.3 Å². The number of rotatable bonds is 2. The Balaban J connectivity index is 0.00000168. The summed E-state index contributed by atoms with van der Waals surface area (Å²) in [7, 11) is 8.09. The van der Waals surface area contributed by atoms with Gasteiger partial charge in [-0.05, 0) is 6.07 Å². The van der Waals surface area contributed by atoms with E-state index in [0.717, 1.165) is 48.0 Å². The van der Waals surface area contributed by atoms with Crippen molar-refractivity contribution in [2.24, 2.45) is 10.9 Å². The first-order valence-corrected chi connectivity index (χ1v) is 9.36. The van der Waals surface area contributed by atoms with Crippen LogP contribution in [-0.2, 0) is 4.74 Å². The Labute approximate surface area is 158 Å². The van der Waals surface area contributed by atoms with Crippen LogP contribution in [0.5, 0.6) is 5.88 Å². The van der Waals surface area contributed by atoms with Gasteiger partial charge in [-0.1, -0.05) is 18.8 Å². The first kappa shape index (κ1) is 17.5. The second-order valence-corrected chi connectivity index (χ2v) is 8.19. The molecule has 6 rings (SSSR count). The molecule has 6 heterocycles. The Kier molecular flexibility index (Phi) is 4.11. The first-order valence-electron chi connectivity index (χ1n) is 8.54. The van der Waals surface area contributed by atoms with Crippen LogP contribution in [0.1, 0.15) is 20.3 Å². The quantitative estimate of drug-likeness (QED) is 0.819. The molecule has 1 atom stereocenters. The number of fused-ring (bicyclic) bond motifs is 3. The minimum atomic E-state index is -0.244. The molecule has 7 nitrogen and oxygen atoms in total. The maximum Gasteiger partial charge on any atom is 0.481 e. The number of thiazole rings is 1. The molecule has 2 radical (unpaired) electrons. The molecule has 9 heteroatoms. The molecular weight excluding hydrogens is 349 g/mol. The number of piperidine rings is 3. The summed E-state index contributed by atoms with van der Waals surface area (Å²) in [6.45, 7) is 3.60. The third kappa shape index (κ3) is 2.73. The largest absolute Gasteiger partial charge is 0.481 e. The van der Waals surface area contributed by atoms with Gasteiger partial charge in [0.2, 0.25) is 5.88 Å². The van der Waals surface area contributed by atoms with Gasteiger partial charge in [0, 0.05) is 24.8 Å². The first-order chi connectivity index (χ1) is 12.1. The molecule has 136 valence electrons. The van der Waals surface area contributed by atoms with Crippen LogP contribution >= 0.6 is 11.3 Å². The summed E-state index contributed by atoms with van der Waals surface area (Å²) in [5.41, 5.74) is 0.585. The highest BCUT2D eigenvalue weighted by molar-refractivity contribution is 7.21. The molecule has 2 bridgehead atoms. The fraction of sp³-hybridized carbons (Fsp3) is 0.588. The molecule has 3 fully saturated rings. The van der Waals surface area contributed by atoms with Crippen LogP contribution in [0.15, 0.2) is 17.1 Å². The van der Waals surface area contributed by atoms with E-state index in [-0.39, 0.29) is 13.0 Å². The molecule has 2 aromatic rings. The number of quaternary nitrogens is 1. The SMILES string of the molecule is C.[B][N+]12CCC(CC1)C1(CN=C(Nc3nc4ccc(OC)nc4s3)O1)C2. The van der Waals surface area contributed by atoms with Gasteiger partial charge in [0.05, 0.1) is 26.7 Å². The highest BCUT2D eigenvalue weighted by atomic mass is 32.1. The highest BCUT2D eigenvalue weighted by Crippen LogP contribution is 2.43. The molecule has 4 aliphatic rings. The minimum absolute atomic E-state index is 0. The maximum absolute atomic E-state index is 6.48. The Hall–Kier alpha value is -1.87. The van der Waals surface area contributed by atoms with Crippen molar-refractivity contribution >= 4 is 40.8 Å². The van der Waals surface area contributed by atoms with Gasteiger partial charge < -0.3 is 13.9 Å². The third-order valence-electron chi connectivity index (χ3n) is 5.62. The number of methoxy groups -OCH3 is 1. The number of amidine groups is 1. The standard InChI is InChI=1S/C16H19BN5O2S.CH4/c1-23-12-3-2-11-13(20-12)25-15(19-11)21-14-18-8-16(24-14)9-22(17)6-4-10(16)5-7-22;/h2-3,10H,4-9H2,1H3,(H,18,19,21);1H4/q+1;. The van der Waals surface area contributed by atoms with Gasteiger partial charge >= 0.3 is 7.98 Å². The molecule has 2 aromatic heterocycles. The van der Waals surface area contributed by atoms with Crippen molar-refractivity contribution in [2.75, 3.05) is 38.6 Å². The molecule has 3 saturated heterocycles. The van der Waals surface area contributed by atoms with Gasteiger partial charge in [-0.25, -0.2) is 15.0 Å². The smallest absolute Gasteiger partial charge is 0.481 e. The van der Waals surface area contributed by atoms with Gasteiger partial charge in [-0.15, -0.1) is 0 Å². The number of ether oxygens (including phenoxy) is 2. The Morgan fingerprint density at radius 2 is 2.15 bits per heavy atom.